The number of rotatable bonds is 10. The van der Waals surface area contributed by atoms with Crippen molar-refractivity contribution in [3.05, 3.63) is 41.9 Å². The lowest BCUT2D eigenvalue weighted by atomic mass is 10.1. The second kappa shape index (κ2) is 11.4. The standard InChI is InChI=1S/C23H31N3O6/c1-29-19-12-16(13-20(30-2)22(19)31-3)23(28)25-15-21(27)24-14-17(18-8-7-11-32-18)26-9-5-4-6-10-26/h7-8,11-13,17H,4-6,9-10,14-15H2,1-3H3,(H,24,27)(H,25,28)/t17-/m1/s1. The van der Waals surface area contributed by atoms with Crippen molar-refractivity contribution < 1.29 is 28.2 Å². The summed E-state index contributed by atoms with van der Waals surface area (Å²) in [5.41, 5.74) is 0.300. The van der Waals surface area contributed by atoms with Gasteiger partial charge in [-0.05, 0) is 50.2 Å². The first-order valence-electron chi connectivity index (χ1n) is 10.7. The van der Waals surface area contributed by atoms with Gasteiger partial charge in [0.25, 0.3) is 5.91 Å². The summed E-state index contributed by atoms with van der Waals surface area (Å²) < 4.78 is 21.4. The lowest BCUT2D eigenvalue weighted by molar-refractivity contribution is -0.120. The number of carbonyl (C=O) groups excluding carboxylic acids is 2. The maximum Gasteiger partial charge on any atom is 0.251 e. The highest BCUT2D eigenvalue weighted by atomic mass is 16.5. The molecule has 1 atom stereocenters. The molecule has 2 amide bonds. The Morgan fingerprint density at radius 2 is 1.72 bits per heavy atom. The van der Waals surface area contributed by atoms with Crippen molar-refractivity contribution in [3.8, 4) is 17.2 Å². The summed E-state index contributed by atoms with van der Waals surface area (Å²) in [6.45, 7) is 2.20. The van der Waals surface area contributed by atoms with Crippen LogP contribution in [0.5, 0.6) is 17.2 Å². The van der Waals surface area contributed by atoms with E-state index in [1.165, 1.54) is 39.9 Å². The molecule has 0 saturated carbocycles. The number of furan rings is 1. The minimum atomic E-state index is -0.419. The number of piperidine rings is 1. The van der Waals surface area contributed by atoms with Crippen LogP contribution in [0.25, 0.3) is 0 Å². The Kier molecular flexibility index (Phi) is 8.38. The van der Waals surface area contributed by atoms with E-state index in [-0.39, 0.29) is 18.5 Å². The van der Waals surface area contributed by atoms with E-state index >= 15 is 0 Å². The molecule has 0 aliphatic carbocycles. The fourth-order valence-corrected chi connectivity index (χ4v) is 3.87. The van der Waals surface area contributed by atoms with E-state index in [0.717, 1.165) is 31.7 Å². The maximum atomic E-state index is 12.6. The van der Waals surface area contributed by atoms with Gasteiger partial charge in [0.05, 0.1) is 40.2 Å². The summed E-state index contributed by atoms with van der Waals surface area (Å²) in [4.78, 5) is 27.4. The van der Waals surface area contributed by atoms with Gasteiger partial charge >= 0.3 is 0 Å². The molecule has 1 aromatic heterocycles. The van der Waals surface area contributed by atoms with Crippen LogP contribution in [-0.4, -0.2) is 64.2 Å². The summed E-state index contributed by atoms with van der Waals surface area (Å²) >= 11 is 0. The molecular weight excluding hydrogens is 414 g/mol. The number of likely N-dealkylation sites (tertiary alicyclic amines) is 1. The zero-order valence-electron chi connectivity index (χ0n) is 18.8. The van der Waals surface area contributed by atoms with E-state index in [1.54, 1.807) is 6.26 Å². The van der Waals surface area contributed by atoms with Crippen LogP contribution in [0.4, 0.5) is 0 Å². The van der Waals surface area contributed by atoms with Crippen molar-refractivity contribution in [2.75, 3.05) is 47.5 Å². The Balaban J connectivity index is 1.57. The molecule has 9 heteroatoms. The fourth-order valence-electron chi connectivity index (χ4n) is 3.87. The summed E-state index contributed by atoms with van der Waals surface area (Å²) in [6.07, 6.45) is 5.14. The van der Waals surface area contributed by atoms with E-state index in [9.17, 15) is 9.59 Å². The van der Waals surface area contributed by atoms with E-state index in [0.29, 0.717) is 29.4 Å². The molecule has 2 N–H and O–H groups in total. The predicted molar refractivity (Wildman–Crippen MR) is 118 cm³/mol. The second-order valence-corrected chi connectivity index (χ2v) is 7.53. The van der Waals surface area contributed by atoms with E-state index in [4.69, 9.17) is 18.6 Å². The molecule has 0 bridgehead atoms. The zero-order valence-corrected chi connectivity index (χ0v) is 18.8. The largest absolute Gasteiger partial charge is 0.493 e. The highest BCUT2D eigenvalue weighted by Crippen LogP contribution is 2.38. The van der Waals surface area contributed by atoms with E-state index in [1.807, 2.05) is 12.1 Å². The van der Waals surface area contributed by atoms with Gasteiger partial charge in [-0.3, -0.25) is 14.5 Å². The average molecular weight is 446 g/mol. The molecule has 1 aliphatic rings. The first-order chi connectivity index (χ1) is 15.6. The van der Waals surface area contributed by atoms with Crippen molar-refractivity contribution in [3.63, 3.8) is 0 Å². The quantitative estimate of drug-likeness (QED) is 0.579. The normalized spacial score (nSPS) is 15.0. The zero-order chi connectivity index (χ0) is 22.9. The smallest absolute Gasteiger partial charge is 0.251 e. The van der Waals surface area contributed by atoms with Crippen LogP contribution in [0.1, 0.15) is 41.4 Å². The number of nitrogens with zero attached hydrogens (tertiary/aromatic N) is 1. The van der Waals surface area contributed by atoms with Crippen molar-refractivity contribution in [2.24, 2.45) is 0 Å². The molecule has 1 saturated heterocycles. The van der Waals surface area contributed by atoms with Gasteiger partial charge < -0.3 is 29.3 Å². The third-order valence-corrected chi connectivity index (χ3v) is 5.53. The molecular formula is C23H31N3O6. The van der Waals surface area contributed by atoms with Crippen LogP contribution < -0.4 is 24.8 Å². The Bertz CT molecular complexity index is 868. The first-order valence-corrected chi connectivity index (χ1v) is 10.7. The highest BCUT2D eigenvalue weighted by Gasteiger charge is 2.25. The molecule has 1 aromatic carbocycles. The van der Waals surface area contributed by atoms with Gasteiger partial charge in [0.2, 0.25) is 11.7 Å². The third-order valence-electron chi connectivity index (χ3n) is 5.53. The van der Waals surface area contributed by atoms with Crippen molar-refractivity contribution in [1.29, 1.82) is 0 Å². The predicted octanol–water partition coefficient (Wildman–Crippen LogP) is 2.38. The first kappa shape index (κ1) is 23.5. The second-order valence-electron chi connectivity index (χ2n) is 7.53. The average Bonchev–Trinajstić information content (AvgIpc) is 3.36. The molecule has 174 valence electrons. The Morgan fingerprint density at radius 1 is 1.03 bits per heavy atom. The topological polar surface area (TPSA) is 102 Å². The van der Waals surface area contributed by atoms with Gasteiger partial charge in [0.1, 0.15) is 5.76 Å². The van der Waals surface area contributed by atoms with Crippen LogP contribution in [0.15, 0.2) is 34.9 Å². The lowest BCUT2D eigenvalue weighted by Crippen LogP contribution is -2.43. The highest BCUT2D eigenvalue weighted by molar-refractivity contribution is 5.97. The Hall–Kier alpha value is -3.20. The number of nitrogens with one attached hydrogen (secondary N) is 2. The van der Waals surface area contributed by atoms with Crippen LogP contribution in [0.2, 0.25) is 0 Å². The van der Waals surface area contributed by atoms with Gasteiger partial charge in [-0.15, -0.1) is 0 Å². The minimum Gasteiger partial charge on any atom is -0.493 e. The summed E-state index contributed by atoms with van der Waals surface area (Å²) in [7, 11) is 4.44. The summed E-state index contributed by atoms with van der Waals surface area (Å²) in [5.74, 6) is 1.26. The van der Waals surface area contributed by atoms with Crippen LogP contribution in [0, 0.1) is 0 Å². The summed E-state index contributed by atoms with van der Waals surface area (Å²) in [5, 5.41) is 5.55. The number of hydrogen-bond acceptors (Lipinski definition) is 7. The molecule has 3 rings (SSSR count). The van der Waals surface area contributed by atoms with Crippen LogP contribution in [0.3, 0.4) is 0 Å². The summed E-state index contributed by atoms with van der Waals surface area (Å²) in [6, 6.07) is 6.83. The van der Waals surface area contributed by atoms with Gasteiger partial charge in [-0.2, -0.15) is 0 Å². The number of amides is 2. The van der Waals surface area contributed by atoms with Gasteiger partial charge in [0.15, 0.2) is 11.5 Å². The van der Waals surface area contributed by atoms with Crippen molar-refractivity contribution >= 4 is 11.8 Å². The number of hydrogen-bond donors (Lipinski definition) is 2. The van der Waals surface area contributed by atoms with Crippen molar-refractivity contribution in [1.82, 2.24) is 15.5 Å². The lowest BCUT2D eigenvalue weighted by Gasteiger charge is -2.33. The maximum absolute atomic E-state index is 12.6. The molecule has 2 aromatic rings. The van der Waals surface area contributed by atoms with Crippen LogP contribution >= 0.6 is 0 Å². The molecule has 1 aliphatic heterocycles. The molecule has 0 radical (unpaired) electrons. The molecule has 9 nitrogen and oxygen atoms in total. The third kappa shape index (κ3) is 5.73. The number of ether oxygens (including phenoxy) is 3. The van der Waals surface area contributed by atoms with E-state index in [2.05, 4.69) is 15.5 Å². The molecule has 0 spiro atoms. The van der Waals surface area contributed by atoms with Crippen molar-refractivity contribution in [2.45, 2.75) is 25.3 Å². The van der Waals surface area contributed by atoms with Gasteiger partial charge in [-0.25, -0.2) is 0 Å². The van der Waals surface area contributed by atoms with Crippen LogP contribution in [-0.2, 0) is 4.79 Å². The SMILES string of the molecule is COc1cc(C(=O)NCC(=O)NC[C@H](c2ccco2)N2CCCCC2)cc(OC)c1OC. The van der Waals surface area contributed by atoms with Gasteiger partial charge in [0, 0.05) is 12.1 Å². The molecule has 0 unspecified atom stereocenters. The molecule has 1 fully saturated rings. The van der Waals surface area contributed by atoms with E-state index < -0.39 is 5.91 Å². The monoisotopic (exact) mass is 445 g/mol. The molecule has 2 heterocycles. The Labute approximate surface area is 188 Å². The number of carbonyl (C=O) groups is 2. The minimum absolute atomic E-state index is 0.0277. The number of methoxy groups -OCH3 is 3. The fraction of sp³-hybridized carbons (Fsp3) is 0.478. The molecule has 32 heavy (non-hydrogen) atoms. The number of benzene rings is 1. The Morgan fingerprint density at radius 3 is 2.28 bits per heavy atom. The van der Waals surface area contributed by atoms with Gasteiger partial charge in [-0.1, -0.05) is 6.42 Å².